The highest BCUT2D eigenvalue weighted by Crippen LogP contribution is 2.21. The van der Waals surface area contributed by atoms with Crippen molar-refractivity contribution in [2.45, 2.75) is 81.2 Å². The van der Waals surface area contributed by atoms with E-state index in [4.69, 9.17) is 5.41 Å². The Bertz CT molecular complexity index is 890. The lowest BCUT2D eigenvalue weighted by molar-refractivity contribution is 0.364. The largest absolute Gasteiger partial charge is 0.357 e. The molecule has 0 aliphatic heterocycles. The molecule has 1 atom stereocenters. The first-order valence-corrected chi connectivity index (χ1v) is 14.2. The molecule has 0 amide bonds. The predicted octanol–water partition coefficient (Wildman–Crippen LogP) is 9.31. The van der Waals surface area contributed by atoms with Gasteiger partial charge >= 0.3 is 0 Å². The van der Waals surface area contributed by atoms with Crippen LogP contribution in [-0.4, -0.2) is 36.9 Å². The van der Waals surface area contributed by atoms with Crippen molar-refractivity contribution in [2.24, 2.45) is 0 Å². The minimum atomic E-state index is 0.271. The molecule has 0 fully saturated rings. The molecule has 2 aromatic rings. The number of rotatable bonds is 11. The van der Waals surface area contributed by atoms with E-state index in [0.717, 1.165) is 31.5 Å². The third-order valence-corrected chi connectivity index (χ3v) is 5.70. The molecule has 0 aliphatic rings. The Hall–Kier alpha value is -2.91. The first kappa shape index (κ1) is 36.2. The Balaban J connectivity index is 0. The molecule has 0 saturated heterocycles. The molecular formula is C34H55N3. The monoisotopic (exact) mass is 505 g/mol. The van der Waals surface area contributed by atoms with Crippen molar-refractivity contribution in [1.82, 2.24) is 10.2 Å². The Kier molecular flexibility index (Phi) is 23.0. The number of amidine groups is 1. The van der Waals surface area contributed by atoms with Gasteiger partial charge in [0.1, 0.15) is 5.84 Å². The maximum atomic E-state index is 8.62. The second-order valence-electron chi connectivity index (χ2n) is 7.87. The van der Waals surface area contributed by atoms with Crippen LogP contribution in [0.15, 0.2) is 85.0 Å². The molecule has 206 valence electrons. The molecule has 1 unspecified atom stereocenters. The van der Waals surface area contributed by atoms with Gasteiger partial charge in [-0.1, -0.05) is 128 Å². The highest BCUT2D eigenvalue weighted by atomic mass is 15.2. The van der Waals surface area contributed by atoms with Crippen LogP contribution >= 0.6 is 0 Å². The molecule has 37 heavy (non-hydrogen) atoms. The van der Waals surface area contributed by atoms with Crippen molar-refractivity contribution in [3.05, 3.63) is 96.1 Å². The van der Waals surface area contributed by atoms with Gasteiger partial charge in [-0.15, -0.1) is 0 Å². The lowest BCUT2D eigenvalue weighted by atomic mass is 10.0. The quantitative estimate of drug-likeness (QED) is 0.138. The third-order valence-electron chi connectivity index (χ3n) is 5.70. The Labute approximate surface area is 229 Å². The smallest absolute Gasteiger partial charge is 0.128 e. The number of nitrogens with zero attached hydrogens (tertiary/aromatic N) is 1. The van der Waals surface area contributed by atoms with Gasteiger partial charge in [0.05, 0.1) is 0 Å². The van der Waals surface area contributed by atoms with Crippen molar-refractivity contribution >= 4 is 5.84 Å². The summed E-state index contributed by atoms with van der Waals surface area (Å²) >= 11 is 0. The van der Waals surface area contributed by atoms with E-state index in [0.29, 0.717) is 5.84 Å². The second-order valence-corrected chi connectivity index (χ2v) is 7.87. The van der Waals surface area contributed by atoms with Gasteiger partial charge in [0.25, 0.3) is 0 Å². The standard InChI is InChI=1S/C28H37N3.3C2H6/c1-6-9-10-24(8-3)21-30-20-19-22(4)31(5)28(29)27-17-15-26(16-18-27)25-13-11-23(7-2)12-14-25;3*1-2/h6,8-18,22,29-30H,3,7,19-21H2,1-2,4-5H3;3*1-2H3/b9-6-,24-10+,29-28?;;;. The zero-order valence-electron chi connectivity index (χ0n) is 25.5. The van der Waals surface area contributed by atoms with Crippen LogP contribution < -0.4 is 5.32 Å². The summed E-state index contributed by atoms with van der Waals surface area (Å²) in [4.78, 5) is 2.05. The van der Waals surface area contributed by atoms with Crippen molar-refractivity contribution < 1.29 is 0 Å². The summed E-state index contributed by atoms with van der Waals surface area (Å²) in [6.07, 6.45) is 10.0. The number of aryl methyl sites for hydroxylation is 1. The molecule has 0 aromatic heterocycles. The summed E-state index contributed by atoms with van der Waals surface area (Å²) < 4.78 is 0. The van der Waals surface area contributed by atoms with E-state index in [9.17, 15) is 0 Å². The topological polar surface area (TPSA) is 39.1 Å². The molecule has 0 saturated carbocycles. The van der Waals surface area contributed by atoms with E-state index in [1.165, 1.54) is 22.3 Å². The lowest BCUT2D eigenvalue weighted by Crippen LogP contribution is -2.37. The minimum absolute atomic E-state index is 0.271. The minimum Gasteiger partial charge on any atom is -0.357 e. The van der Waals surface area contributed by atoms with Crippen LogP contribution in [-0.2, 0) is 6.42 Å². The average Bonchev–Trinajstić information content (AvgIpc) is 2.99. The van der Waals surface area contributed by atoms with Gasteiger partial charge in [-0.2, -0.15) is 0 Å². The highest BCUT2D eigenvalue weighted by molar-refractivity contribution is 5.96. The van der Waals surface area contributed by atoms with Gasteiger partial charge in [-0.3, -0.25) is 5.41 Å². The Morgan fingerprint density at radius 3 is 1.92 bits per heavy atom. The molecular weight excluding hydrogens is 450 g/mol. The zero-order chi connectivity index (χ0) is 28.6. The van der Waals surface area contributed by atoms with Gasteiger partial charge in [0.15, 0.2) is 0 Å². The zero-order valence-corrected chi connectivity index (χ0v) is 25.5. The second kappa shape index (κ2) is 23.5. The van der Waals surface area contributed by atoms with E-state index in [2.05, 4.69) is 85.3 Å². The average molecular weight is 506 g/mol. The summed E-state index contributed by atoms with van der Waals surface area (Å²) in [7, 11) is 2.01. The van der Waals surface area contributed by atoms with Gasteiger partial charge in [-0.05, 0) is 55.5 Å². The fraction of sp³-hybridized carbons (Fsp3) is 0.441. The molecule has 3 nitrogen and oxygen atoms in total. The first-order valence-electron chi connectivity index (χ1n) is 14.2. The van der Waals surface area contributed by atoms with E-state index in [1.807, 2.05) is 73.7 Å². The summed E-state index contributed by atoms with van der Waals surface area (Å²) in [6, 6.07) is 17.3. The molecule has 0 heterocycles. The van der Waals surface area contributed by atoms with Crippen molar-refractivity contribution in [3.8, 4) is 11.1 Å². The molecule has 0 bridgehead atoms. The lowest BCUT2D eigenvalue weighted by Gasteiger charge is -2.27. The van der Waals surface area contributed by atoms with Crippen LogP contribution in [0.25, 0.3) is 11.1 Å². The van der Waals surface area contributed by atoms with Gasteiger partial charge in [0, 0.05) is 25.2 Å². The molecule has 3 heteroatoms. The van der Waals surface area contributed by atoms with Gasteiger partial charge in [0.2, 0.25) is 0 Å². The summed E-state index contributed by atoms with van der Waals surface area (Å²) in [5.74, 6) is 0.556. The molecule has 2 N–H and O–H groups in total. The van der Waals surface area contributed by atoms with E-state index in [-0.39, 0.29) is 6.04 Å². The van der Waals surface area contributed by atoms with Crippen molar-refractivity contribution in [2.75, 3.05) is 20.1 Å². The summed E-state index contributed by atoms with van der Waals surface area (Å²) in [6.45, 7) is 23.9. The van der Waals surface area contributed by atoms with Crippen LogP contribution in [0.5, 0.6) is 0 Å². The Morgan fingerprint density at radius 2 is 1.46 bits per heavy atom. The summed E-state index contributed by atoms with van der Waals surface area (Å²) in [5.41, 5.74) is 5.87. The van der Waals surface area contributed by atoms with E-state index >= 15 is 0 Å². The van der Waals surface area contributed by atoms with E-state index in [1.54, 1.807) is 0 Å². The summed E-state index contributed by atoms with van der Waals surface area (Å²) in [5, 5.41) is 12.1. The fourth-order valence-electron chi connectivity index (χ4n) is 3.33. The number of hydrogen-bond donors (Lipinski definition) is 2. The number of hydrogen-bond acceptors (Lipinski definition) is 2. The molecule has 0 aliphatic carbocycles. The van der Waals surface area contributed by atoms with Crippen molar-refractivity contribution in [3.63, 3.8) is 0 Å². The highest BCUT2D eigenvalue weighted by Gasteiger charge is 2.14. The first-order chi connectivity index (χ1) is 18.0. The molecule has 2 aromatic carbocycles. The SMILES string of the molecule is C=C/C(=C\C=C/C)CNCCC(C)N(C)C(=N)c1ccc(-c2ccc(CC)cc2)cc1.CC.CC.CC. The Morgan fingerprint density at radius 1 is 0.946 bits per heavy atom. The maximum Gasteiger partial charge on any atom is 0.128 e. The van der Waals surface area contributed by atoms with Crippen LogP contribution in [0.1, 0.15) is 79.9 Å². The van der Waals surface area contributed by atoms with Crippen LogP contribution in [0.3, 0.4) is 0 Å². The fourth-order valence-corrected chi connectivity index (χ4v) is 3.33. The number of allylic oxidation sites excluding steroid dienone is 3. The van der Waals surface area contributed by atoms with Crippen LogP contribution in [0.4, 0.5) is 0 Å². The number of benzene rings is 2. The molecule has 0 radical (unpaired) electrons. The van der Waals surface area contributed by atoms with Crippen LogP contribution in [0.2, 0.25) is 0 Å². The maximum absolute atomic E-state index is 8.62. The van der Waals surface area contributed by atoms with Crippen LogP contribution in [0, 0.1) is 5.41 Å². The van der Waals surface area contributed by atoms with Crippen molar-refractivity contribution in [1.29, 1.82) is 5.41 Å². The van der Waals surface area contributed by atoms with Gasteiger partial charge in [-0.25, -0.2) is 0 Å². The van der Waals surface area contributed by atoms with Gasteiger partial charge < -0.3 is 10.2 Å². The molecule has 2 rings (SSSR count). The van der Waals surface area contributed by atoms with E-state index < -0.39 is 0 Å². The molecule has 0 spiro atoms. The number of nitrogens with one attached hydrogen (secondary N) is 2. The normalized spacial score (nSPS) is 11.1. The third kappa shape index (κ3) is 13.8. The predicted molar refractivity (Wildman–Crippen MR) is 170 cm³/mol.